The van der Waals surface area contributed by atoms with E-state index in [2.05, 4.69) is 31.2 Å². The number of hydrogen-bond acceptors (Lipinski definition) is 0. The molecule has 2 atom stereocenters. The van der Waals surface area contributed by atoms with E-state index in [9.17, 15) is 4.39 Å². The van der Waals surface area contributed by atoms with E-state index in [1.807, 2.05) is 24.3 Å². The lowest BCUT2D eigenvalue weighted by molar-refractivity contribution is 0.373. The molecular formula is C24H24ClF. The molecule has 0 spiro atoms. The Labute approximate surface area is 160 Å². The number of hydrogen-bond donors (Lipinski definition) is 0. The summed E-state index contributed by atoms with van der Waals surface area (Å²) < 4.78 is 14.2. The van der Waals surface area contributed by atoms with Crippen LogP contribution in [0.15, 0.2) is 54.6 Å². The summed E-state index contributed by atoms with van der Waals surface area (Å²) in [7, 11) is 0. The van der Waals surface area contributed by atoms with Gasteiger partial charge in [0.25, 0.3) is 0 Å². The van der Waals surface area contributed by atoms with Crippen molar-refractivity contribution in [3.05, 3.63) is 82.1 Å². The van der Waals surface area contributed by atoms with Crippen LogP contribution in [0.3, 0.4) is 0 Å². The maximum absolute atomic E-state index is 14.2. The van der Waals surface area contributed by atoms with Crippen LogP contribution in [0.2, 0.25) is 5.02 Å². The Kier molecular flexibility index (Phi) is 5.00. The number of unbranched alkanes of at least 4 members (excludes halogenated alkanes) is 1. The molecule has 0 aromatic heterocycles. The predicted molar refractivity (Wildman–Crippen MR) is 109 cm³/mol. The Morgan fingerprint density at radius 1 is 1.00 bits per heavy atom. The lowest BCUT2D eigenvalue weighted by Gasteiger charge is -2.35. The molecule has 2 heteroatoms. The van der Waals surface area contributed by atoms with Crippen LogP contribution in [-0.4, -0.2) is 0 Å². The van der Waals surface area contributed by atoms with Crippen molar-refractivity contribution < 1.29 is 4.39 Å². The summed E-state index contributed by atoms with van der Waals surface area (Å²) in [5.41, 5.74) is 4.03. The summed E-state index contributed by atoms with van der Waals surface area (Å²) in [5, 5.41) is 2.60. The highest BCUT2D eigenvalue weighted by Gasteiger charge is 2.31. The van der Waals surface area contributed by atoms with Crippen molar-refractivity contribution in [2.45, 2.75) is 44.9 Å². The average Bonchev–Trinajstić information content (AvgIpc) is 2.66. The van der Waals surface area contributed by atoms with Gasteiger partial charge in [-0.1, -0.05) is 67.8 Å². The summed E-state index contributed by atoms with van der Waals surface area (Å²) >= 11 is 6.12. The van der Waals surface area contributed by atoms with Crippen molar-refractivity contribution in [1.29, 1.82) is 0 Å². The van der Waals surface area contributed by atoms with Gasteiger partial charge in [0, 0.05) is 16.3 Å². The standard InChI is InChI=1S/C24H24ClF/c1-2-3-5-16-10-13-20-19-6-4-7-23(26)21(19)14-15-22(20)24(16)17-8-11-18(25)12-9-17/h4,6-9,11-12,14-16,24H,2-3,5,10,13H2,1H3/t16-,24-/m1/s1. The lowest BCUT2D eigenvalue weighted by atomic mass is 9.69. The maximum atomic E-state index is 14.2. The SMILES string of the molecule is CCCC[C@@H]1CCc2c(ccc3c(F)cccc23)[C@H]1c1ccc(Cl)cc1. The van der Waals surface area contributed by atoms with Crippen molar-refractivity contribution in [2.24, 2.45) is 5.92 Å². The van der Waals surface area contributed by atoms with Crippen LogP contribution >= 0.6 is 11.6 Å². The molecular weight excluding hydrogens is 343 g/mol. The van der Waals surface area contributed by atoms with Gasteiger partial charge in [0.1, 0.15) is 5.82 Å². The van der Waals surface area contributed by atoms with Gasteiger partial charge in [-0.05, 0) is 65.5 Å². The van der Waals surface area contributed by atoms with Gasteiger partial charge in [0.05, 0.1) is 0 Å². The van der Waals surface area contributed by atoms with Crippen molar-refractivity contribution in [2.75, 3.05) is 0 Å². The molecule has 0 heterocycles. The molecule has 0 nitrogen and oxygen atoms in total. The molecule has 4 rings (SSSR count). The van der Waals surface area contributed by atoms with Crippen molar-refractivity contribution in [3.63, 3.8) is 0 Å². The van der Waals surface area contributed by atoms with E-state index in [0.29, 0.717) is 11.8 Å². The minimum atomic E-state index is -0.124. The number of aryl methyl sites for hydroxylation is 1. The molecule has 0 saturated heterocycles. The van der Waals surface area contributed by atoms with Crippen molar-refractivity contribution in [3.8, 4) is 0 Å². The van der Waals surface area contributed by atoms with Gasteiger partial charge in [-0.25, -0.2) is 4.39 Å². The average molecular weight is 367 g/mol. The van der Waals surface area contributed by atoms with E-state index in [4.69, 9.17) is 11.6 Å². The fourth-order valence-electron chi connectivity index (χ4n) is 4.62. The molecule has 134 valence electrons. The van der Waals surface area contributed by atoms with E-state index >= 15 is 0 Å². The molecule has 0 fully saturated rings. The van der Waals surface area contributed by atoms with Crippen LogP contribution < -0.4 is 0 Å². The highest BCUT2D eigenvalue weighted by molar-refractivity contribution is 6.30. The lowest BCUT2D eigenvalue weighted by Crippen LogP contribution is -2.22. The molecule has 0 unspecified atom stereocenters. The van der Waals surface area contributed by atoms with Gasteiger partial charge in [-0.2, -0.15) is 0 Å². The molecule has 1 aliphatic rings. The van der Waals surface area contributed by atoms with E-state index in [1.54, 1.807) is 6.07 Å². The second kappa shape index (κ2) is 7.40. The first-order valence-corrected chi connectivity index (χ1v) is 10.0. The molecule has 0 amide bonds. The fraction of sp³-hybridized carbons (Fsp3) is 0.333. The molecule has 3 aromatic rings. The van der Waals surface area contributed by atoms with E-state index in [1.165, 1.54) is 36.0 Å². The third-order valence-electron chi connectivity index (χ3n) is 5.89. The van der Waals surface area contributed by atoms with Gasteiger partial charge < -0.3 is 0 Å². The molecule has 3 aromatic carbocycles. The third-order valence-corrected chi connectivity index (χ3v) is 6.14. The Balaban J connectivity index is 1.86. The zero-order chi connectivity index (χ0) is 18.1. The first kappa shape index (κ1) is 17.5. The van der Waals surface area contributed by atoms with Crippen LogP contribution in [0.5, 0.6) is 0 Å². The summed E-state index contributed by atoms with van der Waals surface area (Å²) in [6, 6.07) is 17.9. The Hall–Kier alpha value is -1.86. The smallest absolute Gasteiger partial charge is 0.131 e. The van der Waals surface area contributed by atoms with Gasteiger partial charge in [0.2, 0.25) is 0 Å². The van der Waals surface area contributed by atoms with E-state index in [-0.39, 0.29) is 5.82 Å². The first-order valence-electron chi connectivity index (χ1n) is 9.64. The van der Waals surface area contributed by atoms with Crippen molar-refractivity contribution in [1.82, 2.24) is 0 Å². The molecule has 0 radical (unpaired) electrons. The molecule has 0 bridgehead atoms. The first-order chi connectivity index (χ1) is 12.7. The normalized spacial score (nSPS) is 19.5. The summed E-state index contributed by atoms with van der Waals surface area (Å²) in [5.74, 6) is 0.881. The second-order valence-electron chi connectivity index (χ2n) is 7.44. The van der Waals surface area contributed by atoms with Crippen LogP contribution in [0.1, 0.15) is 55.2 Å². The zero-order valence-electron chi connectivity index (χ0n) is 15.1. The van der Waals surface area contributed by atoms with Gasteiger partial charge in [-0.15, -0.1) is 0 Å². The monoisotopic (exact) mass is 366 g/mol. The highest BCUT2D eigenvalue weighted by atomic mass is 35.5. The largest absolute Gasteiger partial charge is 0.206 e. The second-order valence-corrected chi connectivity index (χ2v) is 7.87. The Bertz CT molecular complexity index is 913. The van der Waals surface area contributed by atoms with Gasteiger partial charge in [-0.3, -0.25) is 0 Å². The summed E-state index contributed by atoms with van der Waals surface area (Å²) in [6.45, 7) is 2.25. The van der Waals surface area contributed by atoms with E-state index in [0.717, 1.165) is 28.6 Å². The molecule has 0 aliphatic heterocycles. The number of rotatable bonds is 4. The predicted octanol–water partition coefficient (Wildman–Crippen LogP) is 7.52. The van der Waals surface area contributed by atoms with Crippen LogP contribution in [0.25, 0.3) is 10.8 Å². The van der Waals surface area contributed by atoms with Gasteiger partial charge in [0.15, 0.2) is 0 Å². The minimum absolute atomic E-state index is 0.124. The molecule has 1 aliphatic carbocycles. The van der Waals surface area contributed by atoms with Gasteiger partial charge >= 0.3 is 0 Å². The summed E-state index contributed by atoms with van der Waals surface area (Å²) in [4.78, 5) is 0. The topological polar surface area (TPSA) is 0 Å². The van der Waals surface area contributed by atoms with Crippen LogP contribution in [-0.2, 0) is 6.42 Å². The highest BCUT2D eigenvalue weighted by Crippen LogP contribution is 2.45. The van der Waals surface area contributed by atoms with Crippen LogP contribution in [0, 0.1) is 11.7 Å². The molecule has 0 N–H and O–H groups in total. The maximum Gasteiger partial charge on any atom is 0.131 e. The third kappa shape index (κ3) is 3.14. The summed E-state index contributed by atoms with van der Waals surface area (Å²) in [6.07, 6.45) is 5.92. The Morgan fingerprint density at radius 2 is 1.81 bits per heavy atom. The van der Waals surface area contributed by atoms with E-state index < -0.39 is 0 Å². The Morgan fingerprint density at radius 3 is 2.58 bits per heavy atom. The number of fused-ring (bicyclic) bond motifs is 3. The zero-order valence-corrected chi connectivity index (χ0v) is 15.9. The minimum Gasteiger partial charge on any atom is -0.206 e. The molecule has 0 saturated carbocycles. The van der Waals surface area contributed by atoms with Crippen molar-refractivity contribution >= 4 is 22.4 Å². The fourth-order valence-corrected chi connectivity index (χ4v) is 4.74. The quantitative estimate of drug-likeness (QED) is 0.448. The number of halogens is 2. The number of benzene rings is 3. The molecule has 26 heavy (non-hydrogen) atoms. The van der Waals surface area contributed by atoms with Crippen LogP contribution in [0.4, 0.5) is 4.39 Å².